The quantitative estimate of drug-likeness (QED) is 0.600. The van der Waals surface area contributed by atoms with Crippen molar-refractivity contribution in [1.29, 1.82) is 0 Å². The van der Waals surface area contributed by atoms with Crippen LogP contribution in [0.2, 0.25) is 0 Å². The van der Waals surface area contributed by atoms with Crippen molar-refractivity contribution in [2.24, 2.45) is 0 Å². The van der Waals surface area contributed by atoms with Gasteiger partial charge in [0, 0.05) is 27.1 Å². The van der Waals surface area contributed by atoms with E-state index in [0.717, 1.165) is 11.3 Å². The van der Waals surface area contributed by atoms with Gasteiger partial charge in [0.25, 0.3) is 11.8 Å². The first-order valence-electron chi connectivity index (χ1n) is 9.07. The molecule has 6 heteroatoms. The van der Waals surface area contributed by atoms with Gasteiger partial charge >= 0.3 is 0 Å². The van der Waals surface area contributed by atoms with E-state index in [0.29, 0.717) is 23.5 Å². The lowest BCUT2D eigenvalue weighted by molar-refractivity contribution is -0.123. The fraction of sp³-hybridized carbons (Fsp3) is 0.182. The Morgan fingerprint density at radius 3 is 2.50 bits per heavy atom. The van der Waals surface area contributed by atoms with Gasteiger partial charge in [-0.15, -0.1) is 11.3 Å². The molecule has 0 aliphatic carbocycles. The van der Waals surface area contributed by atoms with Gasteiger partial charge in [0.1, 0.15) is 5.75 Å². The average molecular weight is 394 g/mol. The molecular weight excluding hydrogens is 372 g/mol. The van der Waals surface area contributed by atoms with Crippen LogP contribution in [0.1, 0.15) is 27.0 Å². The lowest BCUT2D eigenvalue weighted by atomic mass is 10.2. The van der Waals surface area contributed by atoms with Gasteiger partial charge in [0.05, 0.1) is 6.54 Å². The summed E-state index contributed by atoms with van der Waals surface area (Å²) < 4.78 is 5.55. The first kappa shape index (κ1) is 19.6. The molecule has 1 heterocycles. The number of nitrogens with one attached hydrogen (secondary N) is 2. The predicted molar refractivity (Wildman–Crippen MR) is 112 cm³/mol. The molecule has 5 nitrogen and oxygen atoms in total. The third-order valence-electron chi connectivity index (χ3n) is 4.02. The van der Waals surface area contributed by atoms with E-state index in [4.69, 9.17) is 4.74 Å². The number of thiophene rings is 1. The maximum Gasteiger partial charge on any atom is 0.258 e. The van der Waals surface area contributed by atoms with Gasteiger partial charge in [0.2, 0.25) is 0 Å². The van der Waals surface area contributed by atoms with Crippen LogP contribution in [-0.4, -0.2) is 18.4 Å². The number of aryl methyl sites for hydroxylation is 1. The Hall–Kier alpha value is -3.12. The molecule has 144 valence electrons. The SMILES string of the molecule is CCc1ccc(CNC(=O)COc2cccc(NC(=O)c3ccccc3)c2)s1. The Kier molecular flexibility index (Phi) is 6.81. The van der Waals surface area contributed by atoms with E-state index in [1.807, 2.05) is 24.3 Å². The molecule has 0 unspecified atom stereocenters. The Balaban J connectivity index is 1.48. The summed E-state index contributed by atoms with van der Waals surface area (Å²) in [5, 5.41) is 5.67. The molecule has 2 aromatic carbocycles. The van der Waals surface area contributed by atoms with E-state index >= 15 is 0 Å². The highest BCUT2D eigenvalue weighted by Crippen LogP contribution is 2.19. The lowest BCUT2D eigenvalue weighted by Crippen LogP contribution is -2.28. The van der Waals surface area contributed by atoms with Gasteiger partial charge in [0.15, 0.2) is 6.61 Å². The number of carbonyl (C=O) groups excluding carboxylic acids is 2. The minimum absolute atomic E-state index is 0.0813. The molecule has 1 aromatic heterocycles. The Bertz CT molecular complexity index is 938. The zero-order valence-corrected chi connectivity index (χ0v) is 16.4. The first-order valence-corrected chi connectivity index (χ1v) is 9.89. The van der Waals surface area contributed by atoms with Gasteiger partial charge in [-0.3, -0.25) is 9.59 Å². The molecule has 0 aliphatic heterocycles. The van der Waals surface area contributed by atoms with Crippen molar-refractivity contribution in [3.8, 4) is 5.75 Å². The smallest absolute Gasteiger partial charge is 0.258 e. The maximum absolute atomic E-state index is 12.2. The molecule has 0 saturated heterocycles. The van der Waals surface area contributed by atoms with E-state index in [1.165, 1.54) is 4.88 Å². The van der Waals surface area contributed by atoms with Crippen molar-refractivity contribution in [3.05, 3.63) is 82.0 Å². The monoisotopic (exact) mass is 394 g/mol. The molecule has 0 aliphatic rings. The third-order valence-corrected chi connectivity index (χ3v) is 5.25. The van der Waals surface area contributed by atoms with Crippen molar-refractivity contribution in [3.63, 3.8) is 0 Å². The highest BCUT2D eigenvalue weighted by atomic mass is 32.1. The second kappa shape index (κ2) is 9.71. The van der Waals surface area contributed by atoms with Crippen molar-refractivity contribution < 1.29 is 14.3 Å². The van der Waals surface area contributed by atoms with Gasteiger partial charge in [-0.2, -0.15) is 0 Å². The van der Waals surface area contributed by atoms with E-state index in [2.05, 4.69) is 23.6 Å². The molecule has 0 fully saturated rings. The second-order valence-electron chi connectivity index (χ2n) is 6.13. The molecule has 2 amide bonds. The number of anilines is 1. The van der Waals surface area contributed by atoms with Gasteiger partial charge in [-0.05, 0) is 42.8 Å². The summed E-state index contributed by atoms with van der Waals surface area (Å²) in [5.74, 6) is 0.133. The summed E-state index contributed by atoms with van der Waals surface area (Å²) in [6.45, 7) is 2.53. The molecule has 0 radical (unpaired) electrons. The van der Waals surface area contributed by atoms with Crippen LogP contribution in [0.25, 0.3) is 0 Å². The Morgan fingerprint density at radius 2 is 1.75 bits per heavy atom. The number of amides is 2. The van der Waals surface area contributed by atoms with Crippen molar-refractivity contribution in [1.82, 2.24) is 5.32 Å². The minimum atomic E-state index is -0.196. The molecule has 28 heavy (non-hydrogen) atoms. The van der Waals surface area contributed by atoms with Crippen LogP contribution in [0, 0.1) is 0 Å². The molecule has 3 rings (SSSR count). The molecule has 0 atom stereocenters. The van der Waals surface area contributed by atoms with Gasteiger partial charge < -0.3 is 15.4 Å². The number of benzene rings is 2. The minimum Gasteiger partial charge on any atom is -0.484 e. The summed E-state index contributed by atoms with van der Waals surface area (Å²) in [7, 11) is 0. The maximum atomic E-state index is 12.2. The van der Waals surface area contributed by atoms with Crippen LogP contribution in [0.3, 0.4) is 0 Å². The van der Waals surface area contributed by atoms with Crippen molar-refractivity contribution >= 4 is 28.8 Å². The number of carbonyl (C=O) groups is 2. The van der Waals surface area contributed by atoms with Gasteiger partial charge in [-0.1, -0.05) is 31.2 Å². The lowest BCUT2D eigenvalue weighted by Gasteiger charge is -2.09. The van der Waals surface area contributed by atoms with Crippen LogP contribution in [0.5, 0.6) is 5.75 Å². The number of hydrogen-bond donors (Lipinski definition) is 2. The summed E-state index contributed by atoms with van der Waals surface area (Å²) in [6.07, 6.45) is 0.999. The summed E-state index contributed by atoms with van der Waals surface area (Å²) in [4.78, 5) is 26.7. The first-order chi connectivity index (χ1) is 13.6. The third kappa shape index (κ3) is 5.69. The fourth-order valence-corrected chi connectivity index (χ4v) is 3.45. The van der Waals surface area contributed by atoms with E-state index < -0.39 is 0 Å². The number of rotatable bonds is 8. The van der Waals surface area contributed by atoms with E-state index in [-0.39, 0.29) is 18.4 Å². The summed E-state index contributed by atoms with van der Waals surface area (Å²) in [5.41, 5.74) is 1.19. The second-order valence-corrected chi connectivity index (χ2v) is 7.39. The summed E-state index contributed by atoms with van der Waals surface area (Å²) >= 11 is 1.70. The molecule has 0 saturated carbocycles. The van der Waals surface area contributed by atoms with E-state index in [9.17, 15) is 9.59 Å². The van der Waals surface area contributed by atoms with Crippen LogP contribution in [0.15, 0.2) is 66.7 Å². The number of ether oxygens (including phenoxy) is 1. The molecule has 2 N–H and O–H groups in total. The topological polar surface area (TPSA) is 67.4 Å². The largest absolute Gasteiger partial charge is 0.484 e. The van der Waals surface area contributed by atoms with E-state index in [1.54, 1.807) is 47.7 Å². The van der Waals surface area contributed by atoms with Crippen LogP contribution >= 0.6 is 11.3 Å². The molecular formula is C22H22N2O3S. The Labute approximate surface area is 168 Å². The number of hydrogen-bond acceptors (Lipinski definition) is 4. The highest BCUT2D eigenvalue weighted by molar-refractivity contribution is 7.11. The normalized spacial score (nSPS) is 10.3. The molecule has 0 bridgehead atoms. The fourth-order valence-electron chi connectivity index (χ4n) is 2.55. The summed E-state index contributed by atoms with van der Waals surface area (Å²) in [6, 6.07) is 20.1. The van der Waals surface area contributed by atoms with Crippen molar-refractivity contribution in [2.75, 3.05) is 11.9 Å². The van der Waals surface area contributed by atoms with Crippen LogP contribution < -0.4 is 15.4 Å². The standard InChI is InChI=1S/C22H22N2O3S/c1-2-19-11-12-20(28-19)14-23-21(25)15-27-18-10-6-9-17(13-18)24-22(26)16-7-4-3-5-8-16/h3-13H,2,14-15H2,1H3,(H,23,25)(H,24,26). The van der Waals surface area contributed by atoms with Gasteiger partial charge in [-0.25, -0.2) is 0 Å². The molecule has 3 aromatic rings. The van der Waals surface area contributed by atoms with Crippen molar-refractivity contribution in [2.45, 2.75) is 19.9 Å². The zero-order valence-electron chi connectivity index (χ0n) is 15.6. The molecule has 0 spiro atoms. The zero-order chi connectivity index (χ0) is 19.8. The van der Waals surface area contributed by atoms with Crippen LogP contribution in [-0.2, 0) is 17.8 Å². The predicted octanol–water partition coefficient (Wildman–Crippen LogP) is 4.26. The Morgan fingerprint density at radius 1 is 0.964 bits per heavy atom. The van der Waals surface area contributed by atoms with Crippen LogP contribution in [0.4, 0.5) is 5.69 Å². The highest BCUT2D eigenvalue weighted by Gasteiger charge is 2.08. The average Bonchev–Trinajstić information content (AvgIpc) is 3.20.